The van der Waals surface area contributed by atoms with E-state index in [1.165, 1.54) is 6.92 Å². The van der Waals surface area contributed by atoms with Crippen molar-refractivity contribution in [3.05, 3.63) is 0 Å². The average Bonchev–Trinajstić information content (AvgIpc) is 3.05. The zero-order valence-electron chi connectivity index (χ0n) is 29.5. The van der Waals surface area contributed by atoms with E-state index in [0.717, 1.165) is 6.92 Å². The molecule has 0 saturated carbocycles. The summed E-state index contributed by atoms with van der Waals surface area (Å²) in [5.74, 6) is -6.34. The molecule has 3 aliphatic heterocycles. The van der Waals surface area contributed by atoms with Gasteiger partial charge in [0.25, 0.3) is 5.79 Å². The molecule has 302 valence electrons. The monoisotopic (exact) mass is 774 g/mol. The standard InChI is InChI=1S/C30H54N2O19Si/c1-12(36)31-18-14(38)8-30(29(44)45,50-25(18)20(40)15(39)9-33)51-26-22(42)17(11-35)48-28(23(26)43)49-24-19(32-13(2)37)27(46-6-7-52(3,4)5)47-16(10-34)21(24)41/h14-28,33-35,38-43H,6-11H2,1-5H3,(H,31,36)(H,32,37)(H,44,45)/t14-,15+,16+,17+,18+,19+,20+,21-,22-,23+,24+,25+,26-,27+,28-,30-/m0/s1. The lowest BCUT2D eigenvalue weighted by Gasteiger charge is -2.51. The third-order valence-corrected chi connectivity index (χ3v) is 10.7. The number of carbonyl (C=O) groups is 3. The second kappa shape index (κ2) is 18.6. The van der Waals surface area contributed by atoms with E-state index < -0.39 is 150 Å². The Balaban J connectivity index is 1.99. The van der Waals surface area contributed by atoms with Crippen LogP contribution in [0.4, 0.5) is 0 Å². The molecular formula is C30H54N2O19Si. The Kier molecular flexibility index (Phi) is 15.9. The van der Waals surface area contributed by atoms with Crippen LogP contribution in [0.1, 0.15) is 20.3 Å². The van der Waals surface area contributed by atoms with E-state index in [-0.39, 0.29) is 6.61 Å². The Labute approximate surface area is 300 Å². The molecule has 3 heterocycles. The van der Waals surface area contributed by atoms with Crippen LogP contribution in [0.3, 0.4) is 0 Å². The molecule has 3 fully saturated rings. The minimum Gasteiger partial charge on any atom is -0.477 e. The number of hydrogen-bond acceptors (Lipinski definition) is 18. The first-order valence-corrected chi connectivity index (χ1v) is 20.5. The molecule has 16 atom stereocenters. The van der Waals surface area contributed by atoms with E-state index in [9.17, 15) is 65.4 Å². The number of aliphatic carboxylic acids is 1. The van der Waals surface area contributed by atoms with E-state index in [4.69, 9.17) is 28.4 Å². The maximum absolute atomic E-state index is 12.8. The summed E-state index contributed by atoms with van der Waals surface area (Å²) in [6, 6.07) is -2.17. The van der Waals surface area contributed by atoms with Gasteiger partial charge in [0.1, 0.15) is 67.1 Å². The molecule has 0 unspecified atom stereocenters. The van der Waals surface area contributed by atoms with E-state index in [2.05, 4.69) is 30.3 Å². The number of carbonyl (C=O) groups excluding carboxylic acids is 2. The molecule has 2 amide bonds. The first kappa shape index (κ1) is 44.4. The van der Waals surface area contributed by atoms with Crippen LogP contribution in [0.5, 0.6) is 0 Å². The van der Waals surface area contributed by atoms with Crippen LogP contribution >= 0.6 is 0 Å². The van der Waals surface area contributed by atoms with Crippen molar-refractivity contribution in [1.82, 2.24) is 10.6 Å². The third kappa shape index (κ3) is 10.6. The highest BCUT2D eigenvalue weighted by Gasteiger charge is 2.60. The van der Waals surface area contributed by atoms with Crippen LogP contribution in [0.2, 0.25) is 25.7 Å². The van der Waals surface area contributed by atoms with Crippen LogP contribution in [-0.2, 0) is 42.8 Å². The lowest BCUT2D eigenvalue weighted by molar-refractivity contribution is -0.381. The summed E-state index contributed by atoms with van der Waals surface area (Å²) in [6.07, 6.45) is -24.7. The summed E-state index contributed by atoms with van der Waals surface area (Å²) < 4.78 is 34.5. The topological polar surface area (TPSA) is 333 Å². The van der Waals surface area contributed by atoms with Gasteiger partial charge < -0.3 is 90.1 Å². The number of ether oxygens (including phenoxy) is 6. The molecule has 12 N–H and O–H groups in total. The minimum absolute atomic E-state index is 0.172. The van der Waals surface area contributed by atoms with Gasteiger partial charge in [-0.1, -0.05) is 19.6 Å². The van der Waals surface area contributed by atoms with Crippen LogP contribution < -0.4 is 10.6 Å². The fraction of sp³-hybridized carbons (Fsp3) is 0.900. The van der Waals surface area contributed by atoms with Crippen molar-refractivity contribution in [2.75, 3.05) is 26.4 Å². The quantitative estimate of drug-likeness (QED) is 0.0650. The SMILES string of the molecule is CC(=O)N[C@H]1[C@H](OCC[Si](C)(C)C)O[C@H](CO)[C@H](O)[C@@H]1O[C@@H]1O[C@H](CO)[C@H](O)[C@H](O[C@]2(C(=O)O)C[C@H](O)[C@@H](NC(C)=O)[C@H]([C@H](O)[C@H](O)CO)O2)[C@H]1O. The molecule has 0 radical (unpaired) electrons. The van der Waals surface area contributed by atoms with Crippen molar-refractivity contribution in [1.29, 1.82) is 0 Å². The fourth-order valence-electron chi connectivity index (χ4n) is 6.17. The van der Waals surface area contributed by atoms with Crippen molar-refractivity contribution in [2.24, 2.45) is 0 Å². The third-order valence-electron chi connectivity index (χ3n) is 8.98. The normalized spacial score (nSPS) is 39.7. The van der Waals surface area contributed by atoms with Gasteiger partial charge in [0.15, 0.2) is 12.6 Å². The van der Waals surface area contributed by atoms with Gasteiger partial charge in [-0.2, -0.15) is 0 Å². The minimum atomic E-state index is -3.03. The second-order valence-corrected chi connectivity index (χ2v) is 20.0. The molecule has 0 spiro atoms. The van der Waals surface area contributed by atoms with Gasteiger partial charge in [-0.3, -0.25) is 9.59 Å². The van der Waals surface area contributed by atoms with Gasteiger partial charge in [0.2, 0.25) is 11.8 Å². The highest BCUT2D eigenvalue weighted by atomic mass is 28.3. The molecular weight excluding hydrogens is 720 g/mol. The lowest BCUT2D eigenvalue weighted by Crippen LogP contribution is -2.71. The molecule has 0 aromatic heterocycles. The van der Waals surface area contributed by atoms with Gasteiger partial charge in [-0.15, -0.1) is 0 Å². The number of nitrogens with one attached hydrogen (secondary N) is 2. The van der Waals surface area contributed by atoms with Gasteiger partial charge >= 0.3 is 5.97 Å². The van der Waals surface area contributed by atoms with Crippen molar-refractivity contribution in [3.63, 3.8) is 0 Å². The van der Waals surface area contributed by atoms with Crippen LogP contribution in [0, 0.1) is 0 Å². The smallest absolute Gasteiger partial charge is 0.364 e. The number of hydrogen-bond donors (Lipinski definition) is 12. The van der Waals surface area contributed by atoms with E-state index in [1.807, 2.05) is 0 Å². The summed E-state index contributed by atoms with van der Waals surface area (Å²) in [7, 11) is -1.62. The zero-order chi connectivity index (χ0) is 39.3. The number of carboxylic acids is 1. The molecule has 0 aromatic rings. The largest absolute Gasteiger partial charge is 0.477 e. The first-order valence-electron chi connectivity index (χ1n) is 16.8. The van der Waals surface area contributed by atoms with Crippen LogP contribution in [-0.4, -0.2) is 201 Å². The summed E-state index contributed by atoms with van der Waals surface area (Å²) in [5.41, 5.74) is 0. The summed E-state index contributed by atoms with van der Waals surface area (Å²) in [5, 5.41) is 110. The van der Waals surface area contributed by atoms with Crippen LogP contribution in [0.15, 0.2) is 0 Å². The molecule has 3 saturated heterocycles. The molecule has 52 heavy (non-hydrogen) atoms. The number of aliphatic hydroxyl groups is 9. The highest BCUT2D eigenvalue weighted by Crippen LogP contribution is 2.38. The highest BCUT2D eigenvalue weighted by molar-refractivity contribution is 6.76. The predicted octanol–water partition coefficient (Wildman–Crippen LogP) is -5.72. The fourth-order valence-corrected chi connectivity index (χ4v) is 6.90. The number of carboxylic acid groups (broad SMARTS) is 1. The van der Waals surface area contributed by atoms with Crippen molar-refractivity contribution < 1.29 is 93.9 Å². The number of amides is 2. The average molecular weight is 775 g/mol. The molecule has 3 rings (SSSR count). The van der Waals surface area contributed by atoms with E-state index >= 15 is 0 Å². The van der Waals surface area contributed by atoms with Gasteiger partial charge in [0.05, 0.1) is 32.0 Å². The molecule has 3 aliphatic rings. The maximum atomic E-state index is 12.8. The lowest BCUT2D eigenvalue weighted by atomic mass is 9.88. The van der Waals surface area contributed by atoms with E-state index in [1.54, 1.807) is 0 Å². The van der Waals surface area contributed by atoms with Gasteiger partial charge in [0, 0.05) is 34.9 Å². The van der Waals surface area contributed by atoms with Crippen molar-refractivity contribution >= 4 is 25.9 Å². The Bertz CT molecular complexity index is 1200. The summed E-state index contributed by atoms with van der Waals surface area (Å²) in [6.45, 7) is 5.93. The van der Waals surface area contributed by atoms with E-state index in [0.29, 0.717) is 6.04 Å². The Morgan fingerprint density at radius 1 is 0.846 bits per heavy atom. The van der Waals surface area contributed by atoms with Crippen LogP contribution in [0.25, 0.3) is 0 Å². The first-order chi connectivity index (χ1) is 24.2. The Morgan fingerprint density at radius 3 is 1.88 bits per heavy atom. The molecule has 0 bridgehead atoms. The Hall–Kier alpha value is -1.97. The molecule has 0 aromatic carbocycles. The van der Waals surface area contributed by atoms with Gasteiger partial charge in [-0.05, 0) is 6.04 Å². The van der Waals surface area contributed by atoms with Crippen molar-refractivity contribution in [3.8, 4) is 0 Å². The summed E-state index contributed by atoms with van der Waals surface area (Å²) in [4.78, 5) is 37.0. The zero-order valence-corrected chi connectivity index (χ0v) is 30.5. The maximum Gasteiger partial charge on any atom is 0.364 e. The number of aliphatic hydroxyl groups excluding tert-OH is 9. The predicted molar refractivity (Wildman–Crippen MR) is 174 cm³/mol. The van der Waals surface area contributed by atoms with Gasteiger partial charge in [-0.25, -0.2) is 4.79 Å². The summed E-state index contributed by atoms with van der Waals surface area (Å²) >= 11 is 0. The van der Waals surface area contributed by atoms with Crippen molar-refractivity contribution in [2.45, 2.75) is 144 Å². The molecule has 22 heteroatoms. The number of rotatable bonds is 16. The molecule has 21 nitrogen and oxygen atoms in total. The second-order valence-electron chi connectivity index (χ2n) is 14.4. The molecule has 0 aliphatic carbocycles. The Morgan fingerprint density at radius 2 is 1.38 bits per heavy atom.